The zero-order valence-electron chi connectivity index (χ0n) is 24.3. The van der Waals surface area contributed by atoms with Gasteiger partial charge in [0.2, 0.25) is 0 Å². The highest BCUT2D eigenvalue weighted by Gasteiger charge is 2.56. The van der Waals surface area contributed by atoms with Gasteiger partial charge in [-0.15, -0.1) is 0 Å². The molecule has 1 N–H and O–H groups in total. The first kappa shape index (κ1) is 34.0. The summed E-state index contributed by atoms with van der Waals surface area (Å²) in [6.45, 7) is 2.63. The second-order valence-corrected chi connectivity index (χ2v) is 12.5. The molecule has 2 aromatic rings. The quantitative estimate of drug-likeness (QED) is 0.116. The van der Waals surface area contributed by atoms with Gasteiger partial charge in [-0.3, -0.25) is 0 Å². The number of methoxy groups -OCH3 is 1. The van der Waals surface area contributed by atoms with E-state index in [0.29, 0.717) is 23.7 Å². The number of ether oxygens (including phenoxy) is 2. The third kappa shape index (κ3) is 9.01. The van der Waals surface area contributed by atoms with E-state index in [1.165, 1.54) is 18.9 Å². The number of hydrogen-bond donors (Lipinski definition) is 1. The Morgan fingerprint density at radius 3 is 2.21 bits per heavy atom. The van der Waals surface area contributed by atoms with Crippen LogP contribution < -0.4 is 4.74 Å². The number of halogens is 5. The Hall–Kier alpha value is -2.49. The molecule has 0 saturated carbocycles. The predicted octanol–water partition coefficient (Wildman–Crippen LogP) is 9.44. The van der Waals surface area contributed by atoms with Gasteiger partial charge in [0.1, 0.15) is 11.5 Å². The first-order valence-electron chi connectivity index (χ1n) is 14.6. The molecule has 1 aliphatic heterocycles. The molecule has 0 fully saturated rings. The maximum absolute atomic E-state index is 12.9. The summed E-state index contributed by atoms with van der Waals surface area (Å²) in [7, 11) is 1.36. The molecule has 1 aliphatic rings. The molecule has 0 radical (unpaired) electrons. The fraction of sp³-hybridized carbons (Fsp3) is 0.594. The van der Waals surface area contributed by atoms with Gasteiger partial charge in [0.25, 0.3) is 0 Å². The number of carbonyl (C=O) groups excluding carboxylic acids is 1. The number of rotatable bonds is 16. The molecule has 0 saturated heterocycles. The third-order valence-corrected chi connectivity index (χ3v) is 9.26. The van der Waals surface area contributed by atoms with Crippen LogP contribution in [0, 0.1) is 0 Å². The van der Waals surface area contributed by atoms with E-state index in [9.17, 15) is 31.9 Å². The van der Waals surface area contributed by atoms with Gasteiger partial charge < -0.3 is 14.6 Å². The summed E-state index contributed by atoms with van der Waals surface area (Å²) in [6.07, 6.45) is 1.49. The van der Waals surface area contributed by atoms with Crippen molar-refractivity contribution in [3.8, 4) is 11.5 Å². The summed E-state index contributed by atoms with van der Waals surface area (Å²) in [4.78, 5) is 11.9. The number of thioether (sulfide) groups is 1. The Morgan fingerprint density at radius 1 is 0.952 bits per heavy atom. The molecular weight excluding hydrogens is 575 g/mol. The number of phenols is 1. The number of unbranched alkanes of at least 4 members (excludes halogenated alkanes) is 6. The lowest BCUT2D eigenvalue weighted by Crippen LogP contribution is -2.40. The maximum Gasteiger partial charge on any atom is 0.453 e. The average molecular weight is 617 g/mol. The van der Waals surface area contributed by atoms with Crippen LogP contribution in [0.3, 0.4) is 0 Å². The smallest absolute Gasteiger partial charge is 0.453 e. The number of alkyl halides is 5. The zero-order valence-corrected chi connectivity index (χ0v) is 25.1. The van der Waals surface area contributed by atoms with Crippen molar-refractivity contribution in [2.45, 2.75) is 94.6 Å². The molecular formula is C32H41F5O4S. The van der Waals surface area contributed by atoms with Crippen LogP contribution >= 0.6 is 11.8 Å². The number of hydrogen-bond acceptors (Lipinski definition) is 5. The van der Waals surface area contributed by atoms with Gasteiger partial charge in [0, 0.05) is 23.8 Å². The summed E-state index contributed by atoms with van der Waals surface area (Å²) in [5.74, 6) is -2.85. The van der Waals surface area contributed by atoms with Gasteiger partial charge in [-0.25, -0.2) is 4.79 Å². The van der Waals surface area contributed by atoms with Crippen molar-refractivity contribution in [3.63, 3.8) is 0 Å². The lowest BCUT2D eigenvalue weighted by Gasteiger charge is -2.43. The van der Waals surface area contributed by atoms with E-state index in [1.807, 2.05) is 18.2 Å². The van der Waals surface area contributed by atoms with E-state index >= 15 is 0 Å². The summed E-state index contributed by atoms with van der Waals surface area (Å²) in [5, 5.41) is 9.98. The van der Waals surface area contributed by atoms with E-state index in [2.05, 4.69) is 6.92 Å². The molecule has 0 aliphatic carbocycles. The lowest BCUT2D eigenvalue weighted by atomic mass is 9.66. The molecule has 234 valence electrons. The van der Waals surface area contributed by atoms with Crippen LogP contribution in [0.5, 0.6) is 11.5 Å². The summed E-state index contributed by atoms with van der Waals surface area (Å²) in [6, 6.07) is 12.8. The van der Waals surface area contributed by atoms with Gasteiger partial charge in [0.15, 0.2) is 0 Å². The van der Waals surface area contributed by atoms with Crippen molar-refractivity contribution < 1.29 is 41.3 Å². The molecule has 0 bridgehead atoms. The molecule has 2 aromatic carbocycles. The Kier molecular flexibility index (Phi) is 12.4. The molecule has 0 spiro atoms. The van der Waals surface area contributed by atoms with E-state index in [4.69, 9.17) is 9.47 Å². The number of carbonyl (C=O) groups is 1. The Morgan fingerprint density at radius 2 is 1.57 bits per heavy atom. The normalized spacial score (nSPS) is 18.8. The third-order valence-electron chi connectivity index (χ3n) is 8.11. The molecule has 2 atom stereocenters. The van der Waals surface area contributed by atoms with Crippen LogP contribution in [0.1, 0.15) is 98.5 Å². The minimum absolute atomic E-state index is 0.145. The highest BCUT2D eigenvalue weighted by atomic mass is 32.2. The average Bonchev–Trinajstić information content (AvgIpc) is 2.95. The number of esters is 1. The minimum Gasteiger partial charge on any atom is -0.508 e. The van der Waals surface area contributed by atoms with Gasteiger partial charge in [-0.1, -0.05) is 63.6 Å². The number of benzene rings is 2. The molecule has 2 unspecified atom stereocenters. The minimum atomic E-state index is -5.46. The first-order chi connectivity index (χ1) is 19.9. The van der Waals surface area contributed by atoms with Crippen molar-refractivity contribution in [2.75, 3.05) is 25.2 Å². The number of phenolic OH excluding ortho intramolecular Hbond substituents is 1. The summed E-state index contributed by atoms with van der Waals surface area (Å²) >= 11 is 1.44. The second-order valence-electron chi connectivity index (χ2n) is 11.2. The van der Waals surface area contributed by atoms with Crippen LogP contribution in [-0.2, 0) is 10.2 Å². The zero-order chi connectivity index (χ0) is 30.8. The van der Waals surface area contributed by atoms with Gasteiger partial charge >= 0.3 is 18.1 Å². The van der Waals surface area contributed by atoms with Crippen LogP contribution in [0.25, 0.3) is 0 Å². The molecule has 42 heavy (non-hydrogen) atoms. The number of fused-ring (bicyclic) bond motifs is 1. The Bertz CT molecular complexity index is 1140. The molecule has 4 nitrogen and oxygen atoms in total. The van der Waals surface area contributed by atoms with Crippen LogP contribution in [0.2, 0.25) is 0 Å². The molecule has 1 heterocycles. The van der Waals surface area contributed by atoms with E-state index in [-0.39, 0.29) is 29.5 Å². The van der Waals surface area contributed by atoms with Crippen LogP contribution in [0.15, 0.2) is 42.5 Å². The van der Waals surface area contributed by atoms with Crippen molar-refractivity contribution in [1.29, 1.82) is 0 Å². The highest BCUT2D eigenvalue weighted by molar-refractivity contribution is 7.99. The van der Waals surface area contributed by atoms with E-state index in [0.717, 1.165) is 68.2 Å². The lowest BCUT2D eigenvalue weighted by molar-refractivity contribution is -0.284. The van der Waals surface area contributed by atoms with Gasteiger partial charge in [-0.2, -0.15) is 33.7 Å². The van der Waals surface area contributed by atoms with Crippen LogP contribution in [-0.4, -0.2) is 48.4 Å². The van der Waals surface area contributed by atoms with E-state index in [1.54, 1.807) is 24.3 Å². The standard InChI is InChI=1S/C32H41F5O4S/c1-30(24-14-12-23(13-15-24)29(39)40-2)22-41-28-21-25(38)16-17-26(28)27(30)11-8-6-4-3-5-7-9-19-42-20-10-18-31(33,34)32(35,36)37/h12-17,21,27,38H,3-11,18-20,22H2,1-2H3. The van der Waals surface area contributed by atoms with Crippen molar-refractivity contribution in [1.82, 2.24) is 0 Å². The summed E-state index contributed by atoms with van der Waals surface area (Å²) < 4.78 is 73.4. The van der Waals surface area contributed by atoms with Crippen molar-refractivity contribution in [2.24, 2.45) is 0 Å². The van der Waals surface area contributed by atoms with Gasteiger partial charge in [0.05, 0.1) is 19.3 Å². The molecule has 3 rings (SSSR count). The monoisotopic (exact) mass is 616 g/mol. The van der Waals surface area contributed by atoms with Gasteiger partial charge in [-0.05, 0) is 60.1 Å². The van der Waals surface area contributed by atoms with Crippen molar-refractivity contribution in [3.05, 3.63) is 59.2 Å². The van der Waals surface area contributed by atoms with Crippen molar-refractivity contribution >= 4 is 17.7 Å². The molecule has 10 heteroatoms. The Balaban J connectivity index is 1.41. The molecule has 0 aromatic heterocycles. The fourth-order valence-electron chi connectivity index (χ4n) is 5.55. The highest BCUT2D eigenvalue weighted by Crippen LogP contribution is 2.49. The van der Waals surface area contributed by atoms with Crippen LogP contribution in [0.4, 0.5) is 22.0 Å². The Labute approximate surface area is 249 Å². The first-order valence-corrected chi connectivity index (χ1v) is 15.7. The second kappa shape index (κ2) is 15.3. The topological polar surface area (TPSA) is 55.8 Å². The molecule has 0 amide bonds. The SMILES string of the molecule is COC(=O)c1ccc(C2(C)COc3cc(O)ccc3C2CCCCCCCCCSCCCC(F)(F)C(F)(F)F)cc1. The van der Waals surface area contributed by atoms with E-state index < -0.39 is 18.5 Å². The maximum atomic E-state index is 12.9. The largest absolute Gasteiger partial charge is 0.508 e. The number of aromatic hydroxyl groups is 1. The fourth-order valence-corrected chi connectivity index (χ4v) is 6.51. The summed E-state index contributed by atoms with van der Waals surface area (Å²) in [5.41, 5.74) is 2.32. The predicted molar refractivity (Wildman–Crippen MR) is 156 cm³/mol.